The van der Waals surface area contributed by atoms with Crippen molar-refractivity contribution >= 4 is 5.91 Å². The molecule has 202 valence electrons. The Morgan fingerprint density at radius 3 is 2.61 bits per heavy atom. The van der Waals surface area contributed by atoms with E-state index in [4.69, 9.17) is 4.74 Å². The number of pyridine rings is 1. The predicted octanol–water partition coefficient (Wildman–Crippen LogP) is 5.02. The molecule has 0 bridgehead atoms. The Morgan fingerprint density at radius 1 is 1.16 bits per heavy atom. The number of aromatic amines is 1. The normalized spacial score (nSPS) is 22.4. The molecule has 38 heavy (non-hydrogen) atoms. The first-order chi connectivity index (χ1) is 18.3. The maximum absolute atomic E-state index is 13.1. The monoisotopic (exact) mass is 515 g/mol. The second kappa shape index (κ2) is 11.6. The predicted molar refractivity (Wildman–Crippen MR) is 153 cm³/mol. The molecule has 1 aliphatic carbocycles. The summed E-state index contributed by atoms with van der Waals surface area (Å²) < 4.78 is 5.60. The highest BCUT2D eigenvalue weighted by molar-refractivity contribution is 5.94. The van der Waals surface area contributed by atoms with Crippen LogP contribution in [-0.2, 0) is 24.8 Å². The average molecular weight is 516 g/mol. The van der Waals surface area contributed by atoms with Gasteiger partial charge in [0.15, 0.2) is 0 Å². The minimum atomic E-state index is -0.336. The molecule has 2 aromatic carbocycles. The summed E-state index contributed by atoms with van der Waals surface area (Å²) in [7, 11) is 3.90. The number of likely N-dealkylation sites (tertiary alicyclic amines) is 1. The SMILES string of the molecule is CC.COc1ccc(C)c(C23CCN(C)C(C)C2Cc2cc(C(=O)NCc4ccccc4)c(=O)[nH]c2C3)c1. The lowest BCUT2D eigenvalue weighted by atomic mass is 9.56. The maximum Gasteiger partial charge on any atom is 0.261 e. The Balaban J connectivity index is 0.00000164. The molecule has 6 nitrogen and oxygen atoms in total. The topological polar surface area (TPSA) is 74.4 Å². The Hall–Kier alpha value is -3.38. The van der Waals surface area contributed by atoms with Crippen molar-refractivity contribution in [3.63, 3.8) is 0 Å². The van der Waals surface area contributed by atoms with Crippen molar-refractivity contribution in [3.8, 4) is 5.75 Å². The third-order valence-electron chi connectivity index (χ3n) is 8.57. The summed E-state index contributed by atoms with van der Waals surface area (Å²) in [6.07, 6.45) is 2.57. The number of aryl methyl sites for hydroxylation is 1. The van der Waals surface area contributed by atoms with E-state index in [1.54, 1.807) is 7.11 Å². The van der Waals surface area contributed by atoms with Crippen molar-refractivity contribution in [1.29, 1.82) is 0 Å². The molecule has 1 amide bonds. The molecule has 2 aliphatic rings. The van der Waals surface area contributed by atoms with Gasteiger partial charge >= 0.3 is 0 Å². The van der Waals surface area contributed by atoms with Crippen LogP contribution in [0.25, 0.3) is 0 Å². The van der Waals surface area contributed by atoms with Gasteiger partial charge in [-0.1, -0.05) is 50.2 Å². The fourth-order valence-electron chi connectivity index (χ4n) is 6.36. The molecule has 1 aliphatic heterocycles. The number of piperidine rings is 1. The first-order valence-electron chi connectivity index (χ1n) is 13.7. The number of hydrogen-bond acceptors (Lipinski definition) is 4. The molecule has 5 rings (SSSR count). The van der Waals surface area contributed by atoms with Crippen LogP contribution in [0.4, 0.5) is 0 Å². The number of aromatic nitrogens is 1. The zero-order valence-corrected chi connectivity index (χ0v) is 23.6. The van der Waals surface area contributed by atoms with Crippen LogP contribution >= 0.6 is 0 Å². The average Bonchev–Trinajstić information content (AvgIpc) is 2.94. The van der Waals surface area contributed by atoms with Crippen LogP contribution in [-0.4, -0.2) is 42.5 Å². The van der Waals surface area contributed by atoms with E-state index in [1.807, 2.05) is 56.3 Å². The number of amides is 1. The minimum absolute atomic E-state index is 0.0996. The lowest BCUT2D eigenvalue weighted by Crippen LogP contribution is -2.57. The molecule has 1 fully saturated rings. The van der Waals surface area contributed by atoms with Gasteiger partial charge < -0.3 is 19.9 Å². The summed E-state index contributed by atoms with van der Waals surface area (Å²) in [5.41, 5.74) is 5.35. The van der Waals surface area contributed by atoms with E-state index in [-0.39, 0.29) is 22.4 Å². The molecule has 0 saturated carbocycles. The number of nitrogens with zero attached hydrogens (tertiary/aromatic N) is 1. The molecule has 0 radical (unpaired) electrons. The van der Waals surface area contributed by atoms with Crippen molar-refractivity contribution in [2.75, 3.05) is 20.7 Å². The number of rotatable bonds is 5. The van der Waals surface area contributed by atoms with Gasteiger partial charge in [0, 0.05) is 23.7 Å². The fraction of sp³-hybridized carbons (Fsp3) is 0.438. The van der Waals surface area contributed by atoms with Crippen LogP contribution in [0.5, 0.6) is 5.75 Å². The summed E-state index contributed by atoms with van der Waals surface area (Å²) in [5.74, 6) is 0.873. The highest BCUT2D eigenvalue weighted by Gasteiger charge is 2.50. The van der Waals surface area contributed by atoms with Gasteiger partial charge in [0.1, 0.15) is 11.3 Å². The molecule has 3 unspecified atom stereocenters. The third kappa shape index (κ3) is 5.14. The second-order valence-corrected chi connectivity index (χ2v) is 10.5. The van der Waals surface area contributed by atoms with Crippen molar-refractivity contribution in [2.24, 2.45) is 5.92 Å². The molecule has 1 saturated heterocycles. The summed E-state index contributed by atoms with van der Waals surface area (Å²) in [5, 5.41) is 2.91. The van der Waals surface area contributed by atoms with E-state index in [9.17, 15) is 9.59 Å². The van der Waals surface area contributed by atoms with Gasteiger partial charge in [0.2, 0.25) is 0 Å². The van der Waals surface area contributed by atoms with Crippen LogP contribution in [0.3, 0.4) is 0 Å². The molecule has 6 heteroatoms. The van der Waals surface area contributed by atoms with E-state index < -0.39 is 0 Å². The highest BCUT2D eigenvalue weighted by Crippen LogP contribution is 2.50. The molecule has 3 aromatic rings. The van der Waals surface area contributed by atoms with E-state index in [0.29, 0.717) is 18.5 Å². The molecule has 2 heterocycles. The van der Waals surface area contributed by atoms with Gasteiger partial charge in [-0.25, -0.2) is 0 Å². The molecular formula is C32H41N3O3. The minimum Gasteiger partial charge on any atom is -0.497 e. The summed E-state index contributed by atoms with van der Waals surface area (Å²) in [6, 6.07) is 18.3. The Bertz CT molecular complexity index is 1330. The van der Waals surface area contributed by atoms with Gasteiger partial charge in [-0.3, -0.25) is 9.59 Å². The van der Waals surface area contributed by atoms with Gasteiger partial charge in [-0.15, -0.1) is 0 Å². The molecule has 1 aromatic heterocycles. The first-order valence-corrected chi connectivity index (χ1v) is 13.7. The number of methoxy groups -OCH3 is 1. The van der Waals surface area contributed by atoms with E-state index in [0.717, 1.165) is 48.4 Å². The Kier molecular flexibility index (Phi) is 8.41. The van der Waals surface area contributed by atoms with Crippen LogP contribution < -0.4 is 15.6 Å². The zero-order chi connectivity index (χ0) is 27.4. The van der Waals surface area contributed by atoms with E-state index >= 15 is 0 Å². The standard InChI is InChI=1S/C30H35N3O3.C2H6/c1-19-10-11-23(36-4)16-25(19)30-12-13-33(3)20(2)26(30)15-22-14-24(29(35)32-27(22)17-30)28(34)31-18-21-8-6-5-7-9-21;1-2/h5-11,14,16,20,26H,12-13,15,17-18H2,1-4H3,(H,31,34)(H,32,35);1-2H3. The van der Waals surface area contributed by atoms with Crippen LogP contribution in [0, 0.1) is 12.8 Å². The maximum atomic E-state index is 13.1. The lowest BCUT2D eigenvalue weighted by Gasteiger charge is -2.54. The first kappa shape index (κ1) is 27.6. The summed E-state index contributed by atoms with van der Waals surface area (Å²) >= 11 is 0. The quantitative estimate of drug-likeness (QED) is 0.500. The molecule has 0 spiro atoms. The Labute approximate surface area is 226 Å². The largest absolute Gasteiger partial charge is 0.497 e. The number of fused-ring (bicyclic) bond motifs is 2. The second-order valence-electron chi connectivity index (χ2n) is 10.5. The zero-order valence-electron chi connectivity index (χ0n) is 23.6. The van der Waals surface area contributed by atoms with Crippen LogP contribution in [0.15, 0.2) is 59.4 Å². The third-order valence-corrected chi connectivity index (χ3v) is 8.57. The van der Waals surface area contributed by atoms with Gasteiger partial charge in [-0.2, -0.15) is 0 Å². The number of hydrogen-bond donors (Lipinski definition) is 2. The van der Waals surface area contributed by atoms with Crippen LogP contribution in [0.1, 0.15) is 65.5 Å². The van der Waals surface area contributed by atoms with Gasteiger partial charge in [0.05, 0.1) is 7.11 Å². The van der Waals surface area contributed by atoms with Gasteiger partial charge in [-0.05, 0) is 93.1 Å². The molecule has 2 N–H and O–H groups in total. The number of H-pyrrole nitrogens is 1. The van der Waals surface area contributed by atoms with E-state index in [2.05, 4.69) is 48.2 Å². The number of carbonyl (C=O) groups excluding carboxylic acids is 1. The van der Waals surface area contributed by atoms with Crippen LogP contribution in [0.2, 0.25) is 0 Å². The smallest absolute Gasteiger partial charge is 0.261 e. The number of nitrogens with one attached hydrogen (secondary N) is 2. The van der Waals surface area contributed by atoms with Crippen molar-refractivity contribution in [1.82, 2.24) is 15.2 Å². The van der Waals surface area contributed by atoms with Crippen molar-refractivity contribution in [2.45, 2.75) is 65.0 Å². The lowest BCUT2D eigenvalue weighted by molar-refractivity contribution is 0.0448. The number of ether oxygens (including phenoxy) is 1. The highest BCUT2D eigenvalue weighted by atomic mass is 16.5. The Morgan fingerprint density at radius 2 is 1.89 bits per heavy atom. The van der Waals surface area contributed by atoms with Crippen molar-refractivity contribution < 1.29 is 9.53 Å². The molecule has 3 atom stereocenters. The number of carbonyl (C=O) groups is 1. The number of benzene rings is 2. The summed E-state index contributed by atoms with van der Waals surface area (Å²) in [6.45, 7) is 9.85. The fourth-order valence-corrected chi connectivity index (χ4v) is 6.36. The molecular weight excluding hydrogens is 474 g/mol. The van der Waals surface area contributed by atoms with Crippen molar-refractivity contribution in [3.05, 3.63) is 98.5 Å². The van der Waals surface area contributed by atoms with E-state index in [1.165, 1.54) is 11.1 Å². The van der Waals surface area contributed by atoms with Gasteiger partial charge in [0.25, 0.3) is 11.5 Å². The summed E-state index contributed by atoms with van der Waals surface area (Å²) in [4.78, 5) is 31.6.